The van der Waals surface area contributed by atoms with Gasteiger partial charge in [0.25, 0.3) is 11.4 Å². The molecule has 1 aromatic rings. The van der Waals surface area contributed by atoms with Crippen molar-refractivity contribution in [3.8, 4) is 0 Å². The Balaban J connectivity index is 3.16. The highest BCUT2D eigenvalue weighted by atomic mass is 16.6. The monoisotopic (exact) mass is 266 g/mol. The minimum absolute atomic E-state index is 0.0462. The van der Waals surface area contributed by atoms with Crippen LogP contribution >= 0.6 is 0 Å². The highest BCUT2D eigenvalue weighted by Gasteiger charge is 2.22. The van der Waals surface area contributed by atoms with E-state index in [0.717, 1.165) is 6.07 Å². The van der Waals surface area contributed by atoms with Crippen LogP contribution in [-0.4, -0.2) is 15.6 Å². The molecule has 0 heterocycles. The molecule has 0 bridgehead atoms. The molecule has 0 aliphatic rings. The predicted octanol–water partition coefficient (Wildman–Crippen LogP) is 2.66. The second kappa shape index (κ2) is 6.03. The van der Waals surface area contributed by atoms with Crippen molar-refractivity contribution in [3.63, 3.8) is 0 Å². The van der Waals surface area contributed by atoms with E-state index in [-0.39, 0.29) is 29.5 Å². The summed E-state index contributed by atoms with van der Waals surface area (Å²) in [6, 6.07) is 3.50. The van der Waals surface area contributed by atoms with Gasteiger partial charge in [-0.25, -0.2) is 0 Å². The van der Waals surface area contributed by atoms with Gasteiger partial charge in [0, 0.05) is 17.5 Å². The second-order valence-electron chi connectivity index (χ2n) is 4.25. The number of carbonyl (C=O) groups excluding carboxylic acids is 1. The van der Waals surface area contributed by atoms with Gasteiger partial charge in [0.1, 0.15) is 5.78 Å². The predicted molar refractivity (Wildman–Crippen MR) is 67.9 cm³/mol. The first-order chi connectivity index (χ1) is 8.86. The molecule has 102 valence electrons. The number of carbonyl (C=O) groups is 1. The molecule has 0 saturated carbocycles. The molecule has 7 heteroatoms. The van der Waals surface area contributed by atoms with Crippen molar-refractivity contribution < 1.29 is 14.6 Å². The molecule has 1 aromatic carbocycles. The Morgan fingerprint density at radius 2 is 1.89 bits per heavy atom. The lowest BCUT2D eigenvalue weighted by Crippen LogP contribution is -2.13. The number of nitro benzene ring substituents is 2. The van der Waals surface area contributed by atoms with E-state index >= 15 is 0 Å². The summed E-state index contributed by atoms with van der Waals surface area (Å²) in [5.74, 6) is -0.352. The van der Waals surface area contributed by atoms with E-state index in [1.54, 1.807) is 0 Å². The molecule has 0 spiro atoms. The Morgan fingerprint density at radius 1 is 1.26 bits per heavy atom. The van der Waals surface area contributed by atoms with Gasteiger partial charge >= 0.3 is 0 Å². The van der Waals surface area contributed by atoms with E-state index in [2.05, 4.69) is 0 Å². The third kappa shape index (κ3) is 3.57. The van der Waals surface area contributed by atoms with Gasteiger partial charge in [0.05, 0.1) is 15.9 Å². The first kappa shape index (κ1) is 14.7. The van der Waals surface area contributed by atoms with Crippen molar-refractivity contribution in [2.24, 2.45) is 5.92 Å². The van der Waals surface area contributed by atoms with E-state index < -0.39 is 9.85 Å². The lowest BCUT2D eigenvalue weighted by atomic mass is 9.92. The van der Waals surface area contributed by atoms with Gasteiger partial charge in [-0.3, -0.25) is 25.0 Å². The number of non-ortho nitro benzene ring substituents is 1. The van der Waals surface area contributed by atoms with Crippen molar-refractivity contribution in [3.05, 3.63) is 44.0 Å². The van der Waals surface area contributed by atoms with Gasteiger partial charge in [-0.15, -0.1) is 0 Å². The lowest BCUT2D eigenvalue weighted by Gasteiger charge is -2.11. The van der Waals surface area contributed by atoms with Crippen LogP contribution < -0.4 is 0 Å². The third-order valence-electron chi connectivity index (χ3n) is 3.01. The maximum Gasteiger partial charge on any atom is 0.279 e. The van der Waals surface area contributed by atoms with Crippen molar-refractivity contribution in [2.45, 2.75) is 26.7 Å². The Hall–Kier alpha value is -2.31. The molecule has 1 rings (SSSR count). The van der Waals surface area contributed by atoms with Crippen molar-refractivity contribution >= 4 is 17.2 Å². The van der Waals surface area contributed by atoms with Crippen LogP contribution in [0.3, 0.4) is 0 Å². The van der Waals surface area contributed by atoms with E-state index in [1.807, 2.05) is 6.92 Å². The number of rotatable bonds is 6. The Morgan fingerprint density at radius 3 is 2.32 bits per heavy atom. The smallest absolute Gasteiger partial charge is 0.279 e. The topological polar surface area (TPSA) is 103 Å². The van der Waals surface area contributed by atoms with Gasteiger partial charge < -0.3 is 0 Å². The van der Waals surface area contributed by atoms with Gasteiger partial charge in [0.15, 0.2) is 0 Å². The number of hydrogen-bond acceptors (Lipinski definition) is 5. The summed E-state index contributed by atoms with van der Waals surface area (Å²) in [7, 11) is 0. The minimum Gasteiger partial charge on any atom is -0.300 e. The first-order valence-electron chi connectivity index (χ1n) is 5.79. The van der Waals surface area contributed by atoms with Crippen LogP contribution in [0.4, 0.5) is 11.4 Å². The highest BCUT2D eigenvalue weighted by Crippen LogP contribution is 2.27. The molecular formula is C12H14N2O5. The Kier molecular flexibility index (Phi) is 4.68. The minimum atomic E-state index is -0.681. The maximum absolute atomic E-state index is 11.4. The van der Waals surface area contributed by atoms with Gasteiger partial charge in [-0.2, -0.15) is 0 Å². The zero-order chi connectivity index (χ0) is 14.6. The fourth-order valence-corrected chi connectivity index (χ4v) is 1.85. The zero-order valence-corrected chi connectivity index (χ0v) is 10.7. The van der Waals surface area contributed by atoms with Crippen LogP contribution in [0.1, 0.15) is 25.8 Å². The fourth-order valence-electron chi connectivity index (χ4n) is 1.85. The summed E-state index contributed by atoms with van der Waals surface area (Å²) in [6.07, 6.45) is 0.795. The summed E-state index contributed by atoms with van der Waals surface area (Å²) in [4.78, 5) is 31.6. The van der Waals surface area contributed by atoms with E-state index in [0.29, 0.717) is 12.0 Å². The number of nitrogens with zero attached hydrogens (tertiary/aromatic N) is 2. The van der Waals surface area contributed by atoms with Gasteiger partial charge in [-0.05, 0) is 25.8 Å². The molecule has 0 aliphatic carbocycles. The maximum atomic E-state index is 11.4. The van der Waals surface area contributed by atoms with Gasteiger partial charge in [0.2, 0.25) is 0 Å². The molecule has 0 radical (unpaired) electrons. The number of benzene rings is 1. The largest absolute Gasteiger partial charge is 0.300 e. The molecule has 1 unspecified atom stereocenters. The van der Waals surface area contributed by atoms with E-state index in [1.165, 1.54) is 19.1 Å². The van der Waals surface area contributed by atoms with Crippen molar-refractivity contribution in [2.75, 3.05) is 0 Å². The molecule has 1 atom stereocenters. The van der Waals surface area contributed by atoms with Crippen LogP contribution in [0.25, 0.3) is 0 Å². The molecule has 0 aliphatic heterocycles. The first-order valence-corrected chi connectivity index (χ1v) is 5.79. The molecule has 0 fully saturated rings. The summed E-state index contributed by atoms with van der Waals surface area (Å²) < 4.78 is 0. The van der Waals surface area contributed by atoms with Gasteiger partial charge in [-0.1, -0.05) is 6.92 Å². The van der Waals surface area contributed by atoms with Crippen LogP contribution in [-0.2, 0) is 11.2 Å². The number of Topliss-reactive ketones (excluding diaryl/α,β-unsaturated/α-hetero) is 1. The SMILES string of the molecule is CCC(Cc1ccc([N+](=O)[O-])cc1[N+](=O)[O-])C(C)=O. The molecule has 0 amide bonds. The normalized spacial score (nSPS) is 11.9. The fraction of sp³-hybridized carbons (Fsp3) is 0.417. The second-order valence-corrected chi connectivity index (χ2v) is 4.25. The summed E-state index contributed by atoms with van der Waals surface area (Å²) >= 11 is 0. The van der Waals surface area contributed by atoms with Crippen LogP contribution in [0.2, 0.25) is 0 Å². The summed E-state index contributed by atoms with van der Waals surface area (Å²) in [6.45, 7) is 3.26. The zero-order valence-electron chi connectivity index (χ0n) is 10.7. The quantitative estimate of drug-likeness (QED) is 0.581. The molecule has 19 heavy (non-hydrogen) atoms. The standard InChI is InChI=1S/C12H14N2O5/c1-3-9(8(2)15)6-10-4-5-11(13(16)17)7-12(10)14(18)19/h4-5,7,9H,3,6H2,1-2H3. The van der Waals surface area contributed by atoms with Crippen LogP contribution in [0.5, 0.6) is 0 Å². The Labute approximate surface area is 109 Å². The highest BCUT2D eigenvalue weighted by molar-refractivity contribution is 5.78. The summed E-state index contributed by atoms with van der Waals surface area (Å²) in [5.41, 5.74) is -0.294. The molecular weight excluding hydrogens is 252 g/mol. The number of ketones is 1. The number of nitro groups is 2. The summed E-state index contributed by atoms with van der Waals surface area (Å²) in [5, 5.41) is 21.5. The van der Waals surface area contributed by atoms with Crippen LogP contribution in [0.15, 0.2) is 18.2 Å². The van der Waals surface area contributed by atoms with Crippen molar-refractivity contribution in [1.29, 1.82) is 0 Å². The average Bonchev–Trinajstić information content (AvgIpc) is 2.35. The molecule has 0 saturated heterocycles. The van der Waals surface area contributed by atoms with E-state index in [4.69, 9.17) is 0 Å². The molecule has 0 aromatic heterocycles. The number of hydrogen-bond donors (Lipinski definition) is 0. The third-order valence-corrected chi connectivity index (χ3v) is 3.01. The van der Waals surface area contributed by atoms with E-state index in [9.17, 15) is 25.0 Å². The molecule has 7 nitrogen and oxygen atoms in total. The average molecular weight is 266 g/mol. The molecule has 0 N–H and O–H groups in total. The van der Waals surface area contributed by atoms with Crippen molar-refractivity contribution in [1.82, 2.24) is 0 Å². The Bertz CT molecular complexity index is 527. The lowest BCUT2D eigenvalue weighted by molar-refractivity contribution is -0.394. The van der Waals surface area contributed by atoms with Crippen LogP contribution in [0, 0.1) is 26.1 Å².